The van der Waals surface area contributed by atoms with Crippen LogP contribution in [0.25, 0.3) is 10.9 Å². The first kappa shape index (κ1) is 18.9. The minimum Gasteiger partial charge on any atom is -0.755 e. The number of nitrogens with zero attached hydrogens (tertiary/aromatic N) is 2. The second-order valence-electron chi connectivity index (χ2n) is 5.77. The van der Waals surface area contributed by atoms with Gasteiger partial charge in [-0.25, -0.2) is 9.97 Å². The van der Waals surface area contributed by atoms with Gasteiger partial charge in [-0.1, -0.05) is 12.1 Å². The molecule has 27 heavy (non-hydrogen) atoms. The van der Waals surface area contributed by atoms with Gasteiger partial charge in [0.05, 0.1) is 19.7 Å². The van der Waals surface area contributed by atoms with Crippen molar-refractivity contribution < 1.29 is 18.2 Å². The molecule has 1 heterocycles. The highest BCUT2D eigenvalue weighted by Gasteiger charge is 2.13. The van der Waals surface area contributed by atoms with E-state index in [2.05, 4.69) is 20.0 Å². The maximum Gasteiger partial charge on any atom is 0.162 e. The Morgan fingerprint density at radius 2 is 1.74 bits per heavy atom. The van der Waals surface area contributed by atoms with Crippen LogP contribution in [-0.2, 0) is 11.3 Å². The number of ether oxygens (including phenoxy) is 2. The molecule has 3 aromatic rings. The molecule has 2 atom stereocenters. The van der Waals surface area contributed by atoms with Crippen molar-refractivity contribution in [1.82, 2.24) is 9.97 Å². The quantitative estimate of drug-likeness (QED) is 0.600. The Morgan fingerprint density at radius 3 is 2.37 bits per heavy atom. The molecule has 0 radical (unpaired) electrons. The first-order valence-corrected chi connectivity index (χ1v) is 9.18. The predicted molar refractivity (Wildman–Crippen MR) is 104 cm³/mol. The smallest absolute Gasteiger partial charge is 0.162 e. The van der Waals surface area contributed by atoms with E-state index >= 15 is 0 Å². The zero-order chi connectivity index (χ0) is 19.4. The Balaban J connectivity index is 1.88. The van der Waals surface area contributed by atoms with Gasteiger partial charge in [0.1, 0.15) is 12.1 Å². The normalized spacial score (nSPS) is 13.0. The summed E-state index contributed by atoms with van der Waals surface area (Å²) in [4.78, 5) is 8.64. The van der Waals surface area contributed by atoms with Gasteiger partial charge in [0.2, 0.25) is 0 Å². The largest absolute Gasteiger partial charge is 0.755 e. The van der Waals surface area contributed by atoms with Crippen LogP contribution in [-0.4, -0.2) is 32.9 Å². The van der Waals surface area contributed by atoms with E-state index in [1.807, 2.05) is 25.1 Å². The third-order valence-electron chi connectivity index (χ3n) is 4.11. The van der Waals surface area contributed by atoms with Gasteiger partial charge in [-0.05, 0) is 30.7 Å². The first-order chi connectivity index (χ1) is 13.0. The molecule has 0 aliphatic carbocycles. The minimum atomic E-state index is -2.34. The summed E-state index contributed by atoms with van der Waals surface area (Å²) in [7, 11) is 3.15. The van der Waals surface area contributed by atoms with Crippen molar-refractivity contribution >= 4 is 33.7 Å². The van der Waals surface area contributed by atoms with Crippen molar-refractivity contribution in [1.29, 1.82) is 0 Å². The molecule has 0 fully saturated rings. The van der Waals surface area contributed by atoms with E-state index < -0.39 is 11.3 Å². The molecular weight excluding hydrogens is 368 g/mol. The van der Waals surface area contributed by atoms with Crippen molar-refractivity contribution in [2.75, 3.05) is 24.3 Å². The van der Waals surface area contributed by atoms with Gasteiger partial charge < -0.3 is 24.1 Å². The number of rotatable bonds is 7. The molecular formula is C18H19N4O4S-. The summed E-state index contributed by atoms with van der Waals surface area (Å²) in [6.07, 6.45) is 1.49. The number of methoxy groups -OCH3 is 2. The van der Waals surface area contributed by atoms with Gasteiger partial charge in [-0.3, -0.25) is 4.21 Å². The summed E-state index contributed by atoms with van der Waals surface area (Å²) in [5.41, 5.74) is 2.21. The van der Waals surface area contributed by atoms with Crippen molar-refractivity contribution in [3.63, 3.8) is 0 Å². The fourth-order valence-electron chi connectivity index (χ4n) is 2.72. The van der Waals surface area contributed by atoms with E-state index in [1.165, 1.54) is 6.33 Å². The topological polar surface area (TPSA) is 108 Å². The third-order valence-corrected chi connectivity index (χ3v) is 4.51. The van der Waals surface area contributed by atoms with Crippen LogP contribution in [0.1, 0.15) is 18.5 Å². The summed E-state index contributed by atoms with van der Waals surface area (Å²) in [6, 6.07) is 10.7. The van der Waals surface area contributed by atoms with E-state index in [0.29, 0.717) is 23.0 Å². The Labute approximate surface area is 159 Å². The molecule has 0 amide bonds. The standard InChI is InChI=1S/C18H20N4O4S/c1-11(12-4-6-13(7-5-12)22-27(23)24)21-18-14-8-16(25-2)17(26-3)9-15(14)19-10-20-18/h4-11,22H,1-3H3,(H,23,24)(H,19,20,21)/p-1/t11-/m0/s1. The van der Waals surface area contributed by atoms with Crippen LogP contribution in [0.2, 0.25) is 0 Å². The van der Waals surface area contributed by atoms with Gasteiger partial charge >= 0.3 is 0 Å². The molecule has 2 aromatic carbocycles. The van der Waals surface area contributed by atoms with E-state index in [9.17, 15) is 8.76 Å². The molecule has 0 aliphatic heterocycles. The van der Waals surface area contributed by atoms with E-state index in [-0.39, 0.29) is 6.04 Å². The summed E-state index contributed by atoms with van der Waals surface area (Å²) in [6.45, 7) is 1.99. The highest BCUT2D eigenvalue weighted by molar-refractivity contribution is 7.80. The van der Waals surface area contributed by atoms with Gasteiger partial charge in [0.25, 0.3) is 0 Å². The van der Waals surface area contributed by atoms with Crippen molar-refractivity contribution in [2.24, 2.45) is 0 Å². The van der Waals surface area contributed by atoms with Crippen LogP contribution in [0.15, 0.2) is 42.7 Å². The van der Waals surface area contributed by atoms with E-state index in [4.69, 9.17) is 9.47 Å². The third kappa shape index (κ3) is 4.26. The fraction of sp³-hybridized carbons (Fsp3) is 0.222. The number of fused-ring (bicyclic) bond motifs is 1. The highest BCUT2D eigenvalue weighted by Crippen LogP contribution is 2.34. The molecule has 1 unspecified atom stereocenters. The maximum absolute atomic E-state index is 10.7. The van der Waals surface area contributed by atoms with Gasteiger partial charge in [0.15, 0.2) is 11.5 Å². The zero-order valence-electron chi connectivity index (χ0n) is 15.1. The molecule has 0 saturated carbocycles. The number of anilines is 2. The zero-order valence-corrected chi connectivity index (χ0v) is 15.9. The molecule has 9 heteroatoms. The van der Waals surface area contributed by atoms with Gasteiger partial charge in [-0.2, -0.15) is 0 Å². The lowest BCUT2D eigenvalue weighted by Crippen LogP contribution is -2.09. The number of benzene rings is 2. The molecule has 0 spiro atoms. The average Bonchev–Trinajstić information content (AvgIpc) is 2.67. The summed E-state index contributed by atoms with van der Waals surface area (Å²) < 4.78 is 34.4. The molecule has 1 aromatic heterocycles. The van der Waals surface area contributed by atoms with Crippen molar-refractivity contribution in [3.05, 3.63) is 48.3 Å². The van der Waals surface area contributed by atoms with Crippen molar-refractivity contribution in [2.45, 2.75) is 13.0 Å². The van der Waals surface area contributed by atoms with Crippen LogP contribution in [0.5, 0.6) is 11.5 Å². The Kier molecular flexibility index (Phi) is 5.72. The Bertz CT molecular complexity index is 965. The SMILES string of the molecule is COc1cc2ncnc(N[C@@H](C)c3ccc(NS(=O)[O-])cc3)c2cc1OC. The molecule has 3 rings (SSSR count). The Morgan fingerprint density at radius 1 is 1.07 bits per heavy atom. The van der Waals surface area contributed by atoms with Crippen LogP contribution in [0.4, 0.5) is 11.5 Å². The molecule has 0 saturated heterocycles. The summed E-state index contributed by atoms with van der Waals surface area (Å²) >= 11 is -2.34. The first-order valence-electron chi connectivity index (χ1n) is 8.11. The van der Waals surface area contributed by atoms with Crippen LogP contribution in [0, 0.1) is 0 Å². The molecule has 2 N–H and O–H groups in total. The van der Waals surface area contributed by atoms with Gasteiger partial charge in [-0.15, -0.1) is 0 Å². The lowest BCUT2D eigenvalue weighted by molar-refractivity contribution is 0.356. The molecule has 0 bridgehead atoms. The molecule has 8 nitrogen and oxygen atoms in total. The molecule has 142 valence electrons. The molecule has 0 aliphatic rings. The number of aromatic nitrogens is 2. The number of hydrogen-bond acceptors (Lipinski definition) is 7. The summed E-state index contributed by atoms with van der Waals surface area (Å²) in [5.74, 6) is 1.86. The van der Waals surface area contributed by atoms with E-state index in [1.54, 1.807) is 32.4 Å². The predicted octanol–water partition coefficient (Wildman–Crippen LogP) is 3.03. The second-order valence-corrected chi connectivity index (χ2v) is 6.44. The fourth-order valence-corrected chi connectivity index (χ4v) is 3.05. The average molecular weight is 387 g/mol. The number of hydrogen-bond donors (Lipinski definition) is 2. The minimum absolute atomic E-state index is 0.0667. The second kappa shape index (κ2) is 8.19. The lowest BCUT2D eigenvalue weighted by atomic mass is 10.1. The van der Waals surface area contributed by atoms with Gasteiger partial charge in [0, 0.05) is 34.4 Å². The monoisotopic (exact) mass is 387 g/mol. The van der Waals surface area contributed by atoms with Crippen molar-refractivity contribution in [3.8, 4) is 11.5 Å². The van der Waals surface area contributed by atoms with Crippen LogP contribution >= 0.6 is 0 Å². The van der Waals surface area contributed by atoms with E-state index in [0.717, 1.165) is 16.5 Å². The maximum atomic E-state index is 10.7. The van der Waals surface area contributed by atoms with Crippen LogP contribution in [0.3, 0.4) is 0 Å². The van der Waals surface area contributed by atoms with Crippen LogP contribution < -0.4 is 19.5 Å². The Hall–Kier alpha value is -2.91. The highest BCUT2D eigenvalue weighted by atomic mass is 32.2. The lowest BCUT2D eigenvalue weighted by Gasteiger charge is -2.18. The number of nitrogens with one attached hydrogen (secondary N) is 2. The summed E-state index contributed by atoms with van der Waals surface area (Å²) in [5, 5.41) is 4.17.